The van der Waals surface area contributed by atoms with Gasteiger partial charge in [0.2, 0.25) is 5.82 Å². The first-order valence-electron chi connectivity index (χ1n) is 6.40. The third-order valence-electron chi connectivity index (χ3n) is 3.52. The fourth-order valence-corrected chi connectivity index (χ4v) is 2.59. The van der Waals surface area contributed by atoms with Crippen molar-refractivity contribution in [3.63, 3.8) is 0 Å². The number of fused-ring (bicyclic) bond motifs is 3. The van der Waals surface area contributed by atoms with Gasteiger partial charge in [0.05, 0.1) is 38.2 Å². The predicted octanol–water partition coefficient (Wildman–Crippen LogP) is -0.0589. The second-order valence-corrected chi connectivity index (χ2v) is 4.71. The van der Waals surface area contributed by atoms with Gasteiger partial charge in [-0.05, 0) is 6.92 Å². The standard InChI is InChI=1S/C12H15N6O/c1-9-8-10(16-4-6-19-7-5-16)17-12-11(15-18(9)17)13-2-3-14-12/h2-3,8H,4-7H2,1H3,(H,13,15)/q+1. The molecule has 4 heterocycles. The molecule has 7 nitrogen and oxygen atoms in total. The molecule has 0 saturated carbocycles. The molecule has 98 valence electrons. The van der Waals surface area contributed by atoms with Crippen molar-refractivity contribution in [2.75, 3.05) is 31.2 Å². The molecule has 0 aromatic carbocycles. The van der Waals surface area contributed by atoms with Crippen LogP contribution in [0.4, 0.5) is 5.82 Å². The van der Waals surface area contributed by atoms with Crippen LogP contribution in [0.25, 0.3) is 11.3 Å². The molecule has 0 aliphatic carbocycles. The van der Waals surface area contributed by atoms with Crippen LogP contribution >= 0.6 is 0 Å². The summed E-state index contributed by atoms with van der Waals surface area (Å²) in [6.07, 6.45) is 3.41. The van der Waals surface area contributed by atoms with Crippen LogP contribution in [0.2, 0.25) is 0 Å². The van der Waals surface area contributed by atoms with Crippen molar-refractivity contribution in [2.24, 2.45) is 0 Å². The molecule has 7 heteroatoms. The zero-order chi connectivity index (χ0) is 12.8. The van der Waals surface area contributed by atoms with E-state index < -0.39 is 0 Å². The lowest BCUT2D eigenvalue weighted by molar-refractivity contribution is -0.583. The summed E-state index contributed by atoms with van der Waals surface area (Å²) in [5.41, 5.74) is 2.76. The number of ether oxygens (including phenoxy) is 1. The Labute approximate surface area is 109 Å². The summed E-state index contributed by atoms with van der Waals surface area (Å²) < 4.78 is 9.47. The summed E-state index contributed by atoms with van der Waals surface area (Å²) in [5, 5.41) is 3.25. The molecule has 0 spiro atoms. The lowest BCUT2D eigenvalue weighted by atomic mass is 10.4. The molecule has 1 aliphatic rings. The van der Waals surface area contributed by atoms with Crippen molar-refractivity contribution in [2.45, 2.75) is 6.92 Å². The maximum absolute atomic E-state index is 5.42. The minimum atomic E-state index is 0.769. The van der Waals surface area contributed by atoms with E-state index in [2.05, 4.69) is 37.5 Å². The fraction of sp³-hybridized carbons (Fsp3) is 0.417. The molecular weight excluding hydrogens is 244 g/mol. The highest BCUT2D eigenvalue weighted by Gasteiger charge is 2.25. The second-order valence-electron chi connectivity index (χ2n) is 4.71. The number of rotatable bonds is 1. The minimum Gasteiger partial charge on any atom is -0.376 e. The number of H-pyrrole nitrogens is 1. The van der Waals surface area contributed by atoms with Crippen LogP contribution in [0.1, 0.15) is 5.69 Å². The SMILES string of the molecule is Cc1cc(N2CCOCC2)[n+]2c3nccnc3[nH]n12. The molecule has 1 fully saturated rings. The summed E-state index contributed by atoms with van der Waals surface area (Å²) in [6, 6.07) is 2.16. The van der Waals surface area contributed by atoms with E-state index in [1.54, 1.807) is 12.4 Å². The van der Waals surface area contributed by atoms with Crippen LogP contribution in [-0.4, -0.2) is 46.0 Å². The van der Waals surface area contributed by atoms with Crippen molar-refractivity contribution in [3.05, 3.63) is 24.2 Å². The summed E-state index contributed by atoms with van der Waals surface area (Å²) in [4.78, 5) is 11.1. The van der Waals surface area contributed by atoms with Gasteiger partial charge in [0.15, 0.2) is 0 Å². The highest BCUT2D eigenvalue weighted by molar-refractivity contribution is 5.60. The molecule has 1 aliphatic heterocycles. The highest BCUT2D eigenvalue weighted by Crippen LogP contribution is 2.15. The van der Waals surface area contributed by atoms with Crippen LogP contribution in [0.5, 0.6) is 0 Å². The number of aromatic amines is 1. The Bertz CT molecular complexity index is 739. The van der Waals surface area contributed by atoms with Crippen LogP contribution in [0.15, 0.2) is 18.5 Å². The molecule has 0 radical (unpaired) electrons. The topological polar surface area (TPSA) is 62.5 Å². The second kappa shape index (κ2) is 3.92. The smallest absolute Gasteiger partial charge is 0.312 e. The van der Waals surface area contributed by atoms with Crippen molar-refractivity contribution in [1.29, 1.82) is 0 Å². The molecule has 0 amide bonds. The average molecular weight is 259 g/mol. The van der Waals surface area contributed by atoms with Crippen molar-refractivity contribution in [3.8, 4) is 0 Å². The molecule has 3 aromatic heterocycles. The number of aryl methyl sites for hydroxylation is 1. The van der Waals surface area contributed by atoms with E-state index >= 15 is 0 Å². The Morgan fingerprint density at radius 1 is 1.26 bits per heavy atom. The van der Waals surface area contributed by atoms with Gasteiger partial charge >= 0.3 is 5.65 Å². The van der Waals surface area contributed by atoms with E-state index in [0.29, 0.717) is 0 Å². The van der Waals surface area contributed by atoms with Crippen molar-refractivity contribution in [1.82, 2.24) is 19.7 Å². The molecule has 0 unspecified atom stereocenters. The quantitative estimate of drug-likeness (QED) is 0.622. The van der Waals surface area contributed by atoms with E-state index in [0.717, 1.165) is 49.1 Å². The van der Waals surface area contributed by atoms with E-state index in [1.165, 1.54) is 0 Å². The molecular formula is C12H15N6O+. The van der Waals surface area contributed by atoms with Gasteiger partial charge in [-0.3, -0.25) is 0 Å². The largest absolute Gasteiger partial charge is 0.376 e. The maximum atomic E-state index is 5.42. The number of hydrogen-bond donors (Lipinski definition) is 1. The van der Waals surface area contributed by atoms with E-state index in [9.17, 15) is 0 Å². The van der Waals surface area contributed by atoms with E-state index in [4.69, 9.17) is 4.74 Å². The Kier molecular flexibility index (Phi) is 2.22. The van der Waals surface area contributed by atoms with Gasteiger partial charge in [-0.15, -0.1) is 14.1 Å². The van der Waals surface area contributed by atoms with Gasteiger partial charge in [-0.1, -0.05) is 0 Å². The Balaban J connectivity index is 1.98. The molecule has 1 N–H and O–H groups in total. The van der Waals surface area contributed by atoms with Crippen LogP contribution in [0.3, 0.4) is 0 Å². The summed E-state index contributed by atoms with van der Waals surface area (Å²) in [5.74, 6) is 1.13. The normalized spacial score (nSPS) is 16.6. The van der Waals surface area contributed by atoms with Crippen molar-refractivity contribution < 1.29 is 9.25 Å². The van der Waals surface area contributed by atoms with Gasteiger partial charge in [0, 0.05) is 6.07 Å². The Morgan fingerprint density at radius 2 is 2.05 bits per heavy atom. The first kappa shape index (κ1) is 10.7. The summed E-state index contributed by atoms with van der Waals surface area (Å²) in [6.45, 7) is 5.41. The van der Waals surface area contributed by atoms with Gasteiger partial charge in [0.1, 0.15) is 6.20 Å². The molecule has 19 heavy (non-hydrogen) atoms. The zero-order valence-electron chi connectivity index (χ0n) is 10.7. The van der Waals surface area contributed by atoms with Crippen molar-refractivity contribution >= 4 is 17.1 Å². The minimum absolute atomic E-state index is 0.769. The molecule has 0 atom stereocenters. The van der Waals surface area contributed by atoms with Gasteiger partial charge in [-0.2, -0.15) is 0 Å². The number of morpholine rings is 1. The number of nitrogens with zero attached hydrogens (tertiary/aromatic N) is 5. The third-order valence-corrected chi connectivity index (χ3v) is 3.52. The van der Waals surface area contributed by atoms with E-state index in [1.807, 2.05) is 4.63 Å². The number of hydrogen-bond acceptors (Lipinski definition) is 4. The van der Waals surface area contributed by atoms with Gasteiger partial charge in [-0.25, -0.2) is 10.1 Å². The summed E-state index contributed by atoms with van der Waals surface area (Å²) >= 11 is 0. The highest BCUT2D eigenvalue weighted by atomic mass is 16.5. The lowest BCUT2D eigenvalue weighted by Gasteiger charge is -2.23. The molecule has 0 bridgehead atoms. The third kappa shape index (κ3) is 1.51. The van der Waals surface area contributed by atoms with Crippen LogP contribution in [-0.2, 0) is 4.74 Å². The Hall–Kier alpha value is -2.15. The van der Waals surface area contributed by atoms with Crippen LogP contribution in [0, 0.1) is 6.92 Å². The first-order valence-corrected chi connectivity index (χ1v) is 6.40. The molecule has 4 rings (SSSR count). The van der Waals surface area contributed by atoms with Gasteiger partial charge in [0.25, 0.3) is 5.65 Å². The monoisotopic (exact) mass is 259 g/mol. The Morgan fingerprint density at radius 3 is 2.89 bits per heavy atom. The van der Waals surface area contributed by atoms with E-state index in [-0.39, 0.29) is 0 Å². The summed E-state index contributed by atoms with van der Waals surface area (Å²) in [7, 11) is 0. The lowest BCUT2D eigenvalue weighted by Crippen LogP contribution is -2.43. The van der Waals surface area contributed by atoms with Gasteiger partial charge < -0.3 is 9.64 Å². The molecule has 1 saturated heterocycles. The molecule has 3 aromatic rings. The average Bonchev–Trinajstić information content (AvgIpc) is 2.98. The number of nitrogens with one attached hydrogen (secondary N) is 1. The fourth-order valence-electron chi connectivity index (χ4n) is 2.59. The maximum Gasteiger partial charge on any atom is 0.312 e. The number of anilines is 1. The number of aromatic nitrogens is 5. The van der Waals surface area contributed by atoms with Crippen LogP contribution < -0.4 is 9.42 Å². The zero-order valence-corrected chi connectivity index (χ0v) is 10.7. The predicted molar refractivity (Wildman–Crippen MR) is 68.3 cm³/mol. The first-order chi connectivity index (χ1) is 9.34.